The van der Waals surface area contributed by atoms with Crippen LogP contribution in [0.15, 0.2) is 42.5 Å². The van der Waals surface area contributed by atoms with Crippen molar-refractivity contribution >= 4 is 25.9 Å². The van der Waals surface area contributed by atoms with Crippen LogP contribution in [0.4, 0.5) is 13.2 Å². The molecule has 0 aliphatic carbocycles. The first kappa shape index (κ1) is 22.5. The standard InChI is InChI=1S/C21H22F3N2O2PS/c1-14-25-26-20(30-14)15-8-9-19(18(12-15)21(22,23)24)28-11-4-2-3-10-27-16-6-5-7-17(29)13-16/h5-9,12-13H,2-4,10-11,29H2,1H3. The number of hydrogen-bond acceptors (Lipinski definition) is 5. The summed E-state index contributed by atoms with van der Waals surface area (Å²) in [6, 6.07) is 11.7. The predicted molar refractivity (Wildman–Crippen MR) is 116 cm³/mol. The van der Waals surface area contributed by atoms with E-state index >= 15 is 0 Å². The Morgan fingerprint density at radius 1 is 0.967 bits per heavy atom. The van der Waals surface area contributed by atoms with Crippen LogP contribution in [-0.2, 0) is 6.18 Å². The first-order valence-electron chi connectivity index (χ1n) is 9.46. The Bertz CT molecular complexity index is 979. The molecule has 9 heteroatoms. The van der Waals surface area contributed by atoms with Crippen molar-refractivity contribution < 1.29 is 22.6 Å². The van der Waals surface area contributed by atoms with Crippen molar-refractivity contribution in [3.8, 4) is 22.1 Å². The van der Waals surface area contributed by atoms with E-state index in [-0.39, 0.29) is 12.4 Å². The van der Waals surface area contributed by atoms with E-state index < -0.39 is 11.7 Å². The highest BCUT2D eigenvalue weighted by Crippen LogP contribution is 2.39. The predicted octanol–water partition coefficient (Wildman–Crippen LogP) is 5.66. The van der Waals surface area contributed by atoms with E-state index in [1.165, 1.54) is 17.4 Å². The lowest BCUT2D eigenvalue weighted by Gasteiger charge is -2.15. The van der Waals surface area contributed by atoms with E-state index in [1.807, 2.05) is 24.3 Å². The fraction of sp³-hybridized carbons (Fsp3) is 0.333. The quantitative estimate of drug-likeness (QED) is 0.309. The zero-order valence-corrected chi connectivity index (χ0v) is 18.4. The summed E-state index contributed by atoms with van der Waals surface area (Å²) < 4.78 is 51.6. The van der Waals surface area contributed by atoms with Gasteiger partial charge in [0.25, 0.3) is 0 Å². The number of unbranched alkanes of at least 4 members (excludes halogenated alkanes) is 2. The maximum atomic E-state index is 13.5. The molecule has 3 aromatic rings. The SMILES string of the molecule is Cc1nnc(-c2ccc(OCCCCCOc3cccc(P)c3)c(C(F)(F)F)c2)s1. The van der Waals surface area contributed by atoms with Crippen molar-refractivity contribution in [2.45, 2.75) is 32.4 Å². The third kappa shape index (κ3) is 6.41. The first-order valence-corrected chi connectivity index (χ1v) is 10.8. The van der Waals surface area contributed by atoms with Crippen molar-refractivity contribution in [1.82, 2.24) is 10.2 Å². The number of aryl methyl sites for hydroxylation is 1. The largest absolute Gasteiger partial charge is 0.494 e. The van der Waals surface area contributed by atoms with E-state index in [0.29, 0.717) is 28.6 Å². The summed E-state index contributed by atoms with van der Waals surface area (Å²) in [7, 11) is 2.62. The molecule has 0 saturated heterocycles. The molecule has 1 aromatic heterocycles. The van der Waals surface area contributed by atoms with Gasteiger partial charge in [-0.25, -0.2) is 0 Å². The van der Waals surface area contributed by atoms with Crippen molar-refractivity contribution in [2.24, 2.45) is 0 Å². The molecular formula is C21H22F3N2O2PS. The molecule has 0 aliphatic heterocycles. The van der Waals surface area contributed by atoms with Gasteiger partial charge in [-0.2, -0.15) is 13.2 Å². The number of hydrogen-bond donors (Lipinski definition) is 0. The van der Waals surface area contributed by atoms with Gasteiger partial charge in [-0.1, -0.05) is 23.5 Å². The molecular weight excluding hydrogens is 432 g/mol. The summed E-state index contributed by atoms with van der Waals surface area (Å²) >= 11 is 1.25. The molecule has 2 aromatic carbocycles. The number of rotatable bonds is 9. The van der Waals surface area contributed by atoms with E-state index in [4.69, 9.17) is 9.47 Å². The van der Waals surface area contributed by atoms with Crippen LogP contribution in [-0.4, -0.2) is 23.4 Å². The average Bonchev–Trinajstić information content (AvgIpc) is 3.13. The fourth-order valence-corrected chi connectivity index (χ4v) is 3.74. The number of alkyl halides is 3. The van der Waals surface area contributed by atoms with Crippen molar-refractivity contribution in [1.29, 1.82) is 0 Å². The van der Waals surface area contributed by atoms with Gasteiger partial charge in [0.1, 0.15) is 21.5 Å². The Labute approximate surface area is 179 Å². The number of halogens is 3. The lowest BCUT2D eigenvalue weighted by molar-refractivity contribution is -0.138. The third-order valence-electron chi connectivity index (χ3n) is 4.23. The smallest absolute Gasteiger partial charge is 0.419 e. The van der Waals surface area contributed by atoms with Gasteiger partial charge in [0.2, 0.25) is 0 Å². The Morgan fingerprint density at radius 3 is 2.40 bits per heavy atom. The van der Waals surface area contributed by atoms with E-state index in [0.717, 1.165) is 30.0 Å². The van der Waals surface area contributed by atoms with Crippen LogP contribution in [0.5, 0.6) is 11.5 Å². The molecule has 3 rings (SSSR count). The molecule has 1 heterocycles. The van der Waals surface area contributed by atoms with Crippen LogP contribution in [0.2, 0.25) is 0 Å². The summed E-state index contributed by atoms with van der Waals surface area (Å²) in [6.45, 7) is 2.52. The maximum absolute atomic E-state index is 13.5. The van der Waals surface area contributed by atoms with E-state index in [9.17, 15) is 13.2 Å². The summed E-state index contributed by atoms with van der Waals surface area (Å²) in [4.78, 5) is 0. The molecule has 160 valence electrons. The molecule has 1 unspecified atom stereocenters. The molecule has 4 nitrogen and oxygen atoms in total. The highest BCUT2D eigenvalue weighted by Gasteiger charge is 2.35. The Kier molecular flexibility index (Phi) is 7.67. The van der Waals surface area contributed by atoms with Gasteiger partial charge in [-0.05, 0) is 61.8 Å². The molecule has 0 aliphatic rings. The van der Waals surface area contributed by atoms with E-state index in [1.54, 1.807) is 13.0 Å². The van der Waals surface area contributed by atoms with Crippen molar-refractivity contribution in [2.75, 3.05) is 13.2 Å². The highest BCUT2D eigenvalue weighted by atomic mass is 32.1. The summed E-state index contributed by atoms with van der Waals surface area (Å²) in [5.74, 6) is 0.639. The minimum absolute atomic E-state index is 0.166. The lowest BCUT2D eigenvalue weighted by atomic mass is 10.1. The molecule has 1 atom stereocenters. The molecule has 0 radical (unpaired) electrons. The van der Waals surface area contributed by atoms with Crippen LogP contribution >= 0.6 is 20.6 Å². The summed E-state index contributed by atoms with van der Waals surface area (Å²) in [6.07, 6.45) is -2.28. The van der Waals surface area contributed by atoms with Crippen LogP contribution in [0.25, 0.3) is 10.6 Å². The molecule has 0 saturated carbocycles. The van der Waals surface area contributed by atoms with Crippen LogP contribution in [0.1, 0.15) is 29.8 Å². The summed E-state index contributed by atoms with van der Waals surface area (Å²) in [5, 5.41) is 9.98. The van der Waals surface area contributed by atoms with Gasteiger partial charge in [0, 0.05) is 5.56 Å². The van der Waals surface area contributed by atoms with Crippen molar-refractivity contribution in [3.05, 3.63) is 53.0 Å². The fourth-order valence-electron chi connectivity index (χ4n) is 2.78. The number of aromatic nitrogens is 2. The third-order valence-corrected chi connectivity index (χ3v) is 5.48. The minimum atomic E-state index is -4.51. The normalized spacial score (nSPS) is 11.5. The highest BCUT2D eigenvalue weighted by molar-refractivity contribution is 7.27. The van der Waals surface area contributed by atoms with Gasteiger partial charge >= 0.3 is 6.18 Å². The molecule has 0 spiro atoms. The second kappa shape index (κ2) is 10.2. The van der Waals surface area contributed by atoms with Gasteiger partial charge in [-0.15, -0.1) is 19.4 Å². The summed E-state index contributed by atoms with van der Waals surface area (Å²) in [5.41, 5.74) is -0.416. The molecule has 0 bridgehead atoms. The zero-order valence-electron chi connectivity index (χ0n) is 16.4. The Balaban J connectivity index is 1.49. The molecule has 0 N–H and O–H groups in total. The van der Waals surface area contributed by atoms with Crippen LogP contribution in [0, 0.1) is 6.92 Å². The topological polar surface area (TPSA) is 44.2 Å². The minimum Gasteiger partial charge on any atom is -0.494 e. The second-order valence-corrected chi connectivity index (χ2v) is 8.51. The maximum Gasteiger partial charge on any atom is 0.419 e. The van der Waals surface area contributed by atoms with Crippen LogP contribution < -0.4 is 14.8 Å². The van der Waals surface area contributed by atoms with Gasteiger partial charge in [0.15, 0.2) is 0 Å². The zero-order chi connectivity index (χ0) is 21.6. The first-order chi connectivity index (χ1) is 14.3. The molecule has 0 amide bonds. The van der Waals surface area contributed by atoms with E-state index in [2.05, 4.69) is 19.4 Å². The number of ether oxygens (including phenoxy) is 2. The van der Waals surface area contributed by atoms with Gasteiger partial charge in [0.05, 0.1) is 18.8 Å². The second-order valence-electron chi connectivity index (χ2n) is 6.67. The lowest BCUT2D eigenvalue weighted by Crippen LogP contribution is -2.10. The van der Waals surface area contributed by atoms with Crippen molar-refractivity contribution in [3.63, 3.8) is 0 Å². The molecule has 30 heavy (non-hydrogen) atoms. The van der Waals surface area contributed by atoms with Gasteiger partial charge < -0.3 is 9.47 Å². The Morgan fingerprint density at radius 2 is 1.73 bits per heavy atom. The Hall–Kier alpha value is -2.18. The van der Waals surface area contributed by atoms with Crippen LogP contribution in [0.3, 0.4) is 0 Å². The number of nitrogens with zero attached hydrogens (tertiary/aromatic N) is 2. The van der Waals surface area contributed by atoms with Gasteiger partial charge in [-0.3, -0.25) is 0 Å². The average molecular weight is 454 g/mol. The monoisotopic (exact) mass is 454 g/mol. The molecule has 0 fully saturated rings. The number of benzene rings is 2.